The summed E-state index contributed by atoms with van der Waals surface area (Å²) in [4.78, 5) is 6.42. The van der Waals surface area contributed by atoms with Gasteiger partial charge in [-0.2, -0.15) is 0 Å². The Balaban J connectivity index is 1.69. The molecule has 1 aromatic carbocycles. The number of rotatable bonds is 7. The highest BCUT2D eigenvalue weighted by Gasteiger charge is 2.07. The standard InChI is InChI=1S/C18H26N4O/c1-19-18(22(3)14-17-10-7-12-21(17)2)20-11-13-23-15-16-8-5-4-6-9-16/h4-10,12H,11,13-15H2,1-3H3,(H,19,20). The molecule has 0 atom stereocenters. The lowest BCUT2D eigenvalue weighted by Crippen LogP contribution is -2.40. The minimum Gasteiger partial charge on any atom is -0.375 e. The smallest absolute Gasteiger partial charge is 0.193 e. The molecule has 0 fully saturated rings. The number of aryl methyl sites for hydroxylation is 1. The predicted molar refractivity (Wildman–Crippen MR) is 94.3 cm³/mol. The van der Waals surface area contributed by atoms with Crippen molar-refractivity contribution in [2.75, 3.05) is 27.2 Å². The lowest BCUT2D eigenvalue weighted by atomic mass is 10.2. The first-order valence-corrected chi connectivity index (χ1v) is 7.84. The summed E-state index contributed by atoms with van der Waals surface area (Å²) in [6, 6.07) is 14.4. The first kappa shape index (κ1) is 17.1. The number of aromatic nitrogens is 1. The summed E-state index contributed by atoms with van der Waals surface area (Å²) in [5.74, 6) is 0.870. The maximum atomic E-state index is 5.68. The van der Waals surface area contributed by atoms with E-state index in [0.29, 0.717) is 13.2 Å². The van der Waals surface area contributed by atoms with Crippen LogP contribution in [-0.4, -0.2) is 42.7 Å². The van der Waals surface area contributed by atoms with Crippen LogP contribution in [0.5, 0.6) is 0 Å². The average molecular weight is 314 g/mol. The molecule has 124 valence electrons. The first-order chi connectivity index (χ1) is 11.2. The molecule has 2 rings (SSSR count). The van der Waals surface area contributed by atoms with Gasteiger partial charge in [-0.25, -0.2) is 0 Å². The molecule has 0 spiro atoms. The van der Waals surface area contributed by atoms with Crippen LogP contribution in [0.1, 0.15) is 11.3 Å². The van der Waals surface area contributed by atoms with Crippen LogP contribution in [-0.2, 0) is 24.9 Å². The van der Waals surface area contributed by atoms with E-state index in [4.69, 9.17) is 4.74 Å². The van der Waals surface area contributed by atoms with Gasteiger partial charge in [-0.05, 0) is 17.7 Å². The molecule has 0 bridgehead atoms. The Bertz CT molecular complexity index is 606. The van der Waals surface area contributed by atoms with Crippen LogP contribution in [0.3, 0.4) is 0 Å². The van der Waals surface area contributed by atoms with Crippen molar-refractivity contribution in [1.29, 1.82) is 0 Å². The molecule has 2 aromatic rings. The second kappa shape index (κ2) is 9.00. The molecule has 0 radical (unpaired) electrons. The van der Waals surface area contributed by atoms with Gasteiger partial charge in [-0.3, -0.25) is 4.99 Å². The SMILES string of the molecule is CN=C(NCCOCc1ccccc1)N(C)Cc1cccn1C. The van der Waals surface area contributed by atoms with Gasteiger partial charge >= 0.3 is 0 Å². The number of guanidine groups is 1. The van der Waals surface area contributed by atoms with Gasteiger partial charge in [-0.15, -0.1) is 0 Å². The van der Waals surface area contributed by atoms with E-state index in [-0.39, 0.29) is 0 Å². The quantitative estimate of drug-likeness (QED) is 0.484. The molecule has 0 saturated carbocycles. The number of hydrogen-bond acceptors (Lipinski definition) is 2. The van der Waals surface area contributed by atoms with Crippen LogP contribution >= 0.6 is 0 Å². The van der Waals surface area contributed by atoms with Gasteiger partial charge in [0.1, 0.15) is 0 Å². The third kappa shape index (κ3) is 5.45. The average Bonchev–Trinajstić information content (AvgIpc) is 2.96. The Hall–Kier alpha value is -2.27. The zero-order valence-electron chi connectivity index (χ0n) is 14.2. The molecule has 1 heterocycles. The van der Waals surface area contributed by atoms with Gasteiger partial charge in [0.2, 0.25) is 0 Å². The zero-order valence-corrected chi connectivity index (χ0v) is 14.2. The molecule has 0 aliphatic carbocycles. The Morgan fingerprint density at radius 1 is 1.22 bits per heavy atom. The summed E-state index contributed by atoms with van der Waals surface area (Å²) < 4.78 is 7.80. The van der Waals surface area contributed by atoms with Gasteiger partial charge in [0.05, 0.1) is 19.8 Å². The largest absolute Gasteiger partial charge is 0.375 e. The Morgan fingerprint density at radius 2 is 2.00 bits per heavy atom. The number of nitrogens with one attached hydrogen (secondary N) is 1. The highest BCUT2D eigenvalue weighted by molar-refractivity contribution is 5.79. The van der Waals surface area contributed by atoms with Crippen molar-refractivity contribution in [1.82, 2.24) is 14.8 Å². The molecule has 0 amide bonds. The van der Waals surface area contributed by atoms with E-state index in [0.717, 1.165) is 19.0 Å². The van der Waals surface area contributed by atoms with Crippen molar-refractivity contribution in [2.24, 2.45) is 12.0 Å². The van der Waals surface area contributed by atoms with Crippen molar-refractivity contribution >= 4 is 5.96 Å². The third-order valence-corrected chi connectivity index (χ3v) is 3.66. The zero-order chi connectivity index (χ0) is 16.5. The summed E-state index contributed by atoms with van der Waals surface area (Å²) in [5, 5.41) is 3.33. The molecular weight excluding hydrogens is 288 g/mol. The molecule has 1 aromatic heterocycles. The Morgan fingerprint density at radius 3 is 2.65 bits per heavy atom. The van der Waals surface area contributed by atoms with Gasteiger partial charge in [0.15, 0.2) is 5.96 Å². The van der Waals surface area contributed by atoms with Crippen molar-refractivity contribution in [3.63, 3.8) is 0 Å². The van der Waals surface area contributed by atoms with Crippen LogP contribution < -0.4 is 5.32 Å². The summed E-state index contributed by atoms with van der Waals surface area (Å²) in [6.45, 7) is 2.83. The molecule has 5 heteroatoms. The van der Waals surface area contributed by atoms with E-state index < -0.39 is 0 Å². The molecule has 1 N–H and O–H groups in total. The molecule has 0 unspecified atom stereocenters. The molecule has 0 aliphatic rings. The Labute approximate surface area is 138 Å². The molecule has 23 heavy (non-hydrogen) atoms. The number of benzene rings is 1. The van der Waals surface area contributed by atoms with E-state index in [1.807, 2.05) is 25.2 Å². The van der Waals surface area contributed by atoms with Crippen molar-refractivity contribution < 1.29 is 4.74 Å². The highest BCUT2D eigenvalue weighted by Crippen LogP contribution is 2.03. The van der Waals surface area contributed by atoms with Gasteiger partial charge < -0.3 is 19.5 Å². The van der Waals surface area contributed by atoms with E-state index >= 15 is 0 Å². The molecule has 5 nitrogen and oxygen atoms in total. The first-order valence-electron chi connectivity index (χ1n) is 7.84. The maximum absolute atomic E-state index is 5.68. The number of aliphatic imine (C=N–C) groups is 1. The lowest BCUT2D eigenvalue weighted by Gasteiger charge is -2.22. The Kier molecular flexibility index (Phi) is 6.69. The molecular formula is C18H26N4O. The van der Waals surface area contributed by atoms with Crippen molar-refractivity contribution in [3.8, 4) is 0 Å². The van der Waals surface area contributed by atoms with E-state index in [1.54, 1.807) is 7.05 Å². The summed E-state index contributed by atoms with van der Waals surface area (Å²) in [6.07, 6.45) is 2.05. The third-order valence-electron chi connectivity index (χ3n) is 3.66. The summed E-state index contributed by atoms with van der Waals surface area (Å²) in [5.41, 5.74) is 2.44. The van der Waals surface area contributed by atoms with Gasteiger partial charge in [0, 0.05) is 39.6 Å². The number of nitrogens with zero attached hydrogens (tertiary/aromatic N) is 3. The van der Waals surface area contributed by atoms with Crippen LogP contribution in [0.4, 0.5) is 0 Å². The fourth-order valence-corrected chi connectivity index (χ4v) is 2.36. The van der Waals surface area contributed by atoms with Gasteiger partial charge in [-0.1, -0.05) is 30.3 Å². The van der Waals surface area contributed by atoms with E-state index in [1.165, 1.54) is 11.3 Å². The second-order valence-corrected chi connectivity index (χ2v) is 5.48. The summed E-state index contributed by atoms with van der Waals surface area (Å²) >= 11 is 0. The maximum Gasteiger partial charge on any atom is 0.193 e. The van der Waals surface area contributed by atoms with Crippen molar-refractivity contribution in [3.05, 3.63) is 59.9 Å². The molecule has 0 aliphatic heterocycles. The van der Waals surface area contributed by atoms with Crippen LogP contribution in [0.15, 0.2) is 53.7 Å². The normalized spacial score (nSPS) is 11.5. The highest BCUT2D eigenvalue weighted by atomic mass is 16.5. The topological polar surface area (TPSA) is 41.8 Å². The fourth-order valence-electron chi connectivity index (χ4n) is 2.36. The second-order valence-electron chi connectivity index (χ2n) is 5.48. The van der Waals surface area contributed by atoms with Crippen molar-refractivity contribution in [2.45, 2.75) is 13.2 Å². The van der Waals surface area contributed by atoms with Crippen LogP contribution in [0.25, 0.3) is 0 Å². The van der Waals surface area contributed by atoms with Crippen LogP contribution in [0, 0.1) is 0 Å². The lowest BCUT2D eigenvalue weighted by molar-refractivity contribution is 0.125. The minimum absolute atomic E-state index is 0.639. The summed E-state index contributed by atoms with van der Waals surface area (Å²) in [7, 11) is 5.89. The minimum atomic E-state index is 0.639. The van der Waals surface area contributed by atoms with Gasteiger partial charge in [0.25, 0.3) is 0 Å². The molecule has 0 saturated heterocycles. The number of ether oxygens (including phenoxy) is 1. The number of hydrogen-bond donors (Lipinski definition) is 1. The van der Waals surface area contributed by atoms with Crippen LogP contribution in [0.2, 0.25) is 0 Å². The van der Waals surface area contributed by atoms with E-state index in [9.17, 15) is 0 Å². The van der Waals surface area contributed by atoms with E-state index in [2.05, 4.69) is 57.3 Å². The fraction of sp³-hybridized carbons (Fsp3) is 0.389. The predicted octanol–water partition coefficient (Wildman–Crippen LogP) is 2.25. The monoisotopic (exact) mass is 314 g/mol.